The van der Waals surface area contributed by atoms with Crippen LogP contribution in [0.1, 0.15) is 6.42 Å². The van der Waals surface area contributed by atoms with Crippen molar-refractivity contribution in [2.75, 3.05) is 19.9 Å². The molecule has 2 saturated heterocycles. The third kappa shape index (κ3) is 0.956. The van der Waals surface area contributed by atoms with E-state index in [2.05, 4.69) is 5.32 Å². The van der Waals surface area contributed by atoms with Gasteiger partial charge in [0.15, 0.2) is 0 Å². The SMILES string of the molecule is C1C[C@@H]2OCO[C@@H]2CN1. The maximum Gasteiger partial charge on any atom is 0.147 e. The van der Waals surface area contributed by atoms with Crippen molar-refractivity contribution in [2.45, 2.75) is 18.6 Å². The van der Waals surface area contributed by atoms with E-state index in [9.17, 15) is 0 Å². The second-order valence-corrected chi connectivity index (χ2v) is 2.52. The average molecular weight is 129 g/mol. The van der Waals surface area contributed by atoms with E-state index >= 15 is 0 Å². The lowest BCUT2D eigenvalue weighted by atomic mass is 10.1. The number of hydrogen-bond donors (Lipinski definition) is 1. The summed E-state index contributed by atoms with van der Waals surface area (Å²) >= 11 is 0. The molecule has 2 aliphatic rings. The quantitative estimate of drug-likeness (QED) is 0.488. The van der Waals surface area contributed by atoms with Crippen LogP contribution in [-0.4, -0.2) is 32.1 Å². The monoisotopic (exact) mass is 129 g/mol. The summed E-state index contributed by atoms with van der Waals surface area (Å²) < 4.78 is 10.6. The molecule has 0 unspecified atom stereocenters. The molecule has 9 heavy (non-hydrogen) atoms. The van der Waals surface area contributed by atoms with Crippen molar-refractivity contribution >= 4 is 0 Å². The van der Waals surface area contributed by atoms with E-state index in [0.717, 1.165) is 19.5 Å². The highest BCUT2D eigenvalue weighted by Crippen LogP contribution is 2.17. The molecule has 2 heterocycles. The van der Waals surface area contributed by atoms with E-state index in [1.807, 2.05) is 0 Å². The molecule has 0 spiro atoms. The van der Waals surface area contributed by atoms with Gasteiger partial charge in [0.25, 0.3) is 0 Å². The number of fused-ring (bicyclic) bond motifs is 1. The van der Waals surface area contributed by atoms with Gasteiger partial charge in [-0.05, 0) is 13.0 Å². The van der Waals surface area contributed by atoms with Crippen LogP contribution in [0.5, 0.6) is 0 Å². The zero-order valence-corrected chi connectivity index (χ0v) is 5.30. The lowest BCUT2D eigenvalue weighted by Gasteiger charge is -2.22. The topological polar surface area (TPSA) is 30.5 Å². The molecule has 0 radical (unpaired) electrons. The molecule has 3 heteroatoms. The zero-order chi connectivity index (χ0) is 6.10. The van der Waals surface area contributed by atoms with E-state index < -0.39 is 0 Å². The summed E-state index contributed by atoms with van der Waals surface area (Å²) in [5.41, 5.74) is 0. The van der Waals surface area contributed by atoms with Crippen LogP contribution in [0.2, 0.25) is 0 Å². The standard InChI is InChI=1S/C6H11NO2/c1-2-7-3-6-5(1)8-4-9-6/h5-7H,1-4H2/t5-,6+/m0/s1. The van der Waals surface area contributed by atoms with Crippen LogP contribution in [0.15, 0.2) is 0 Å². The fourth-order valence-corrected chi connectivity index (χ4v) is 1.38. The average Bonchev–Trinajstić information content (AvgIpc) is 2.33. The van der Waals surface area contributed by atoms with Gasteiger partial charge in [0, 0.05) is 6.54 Å². The van der Waals surface area contributed by atoms with Crippen molar-refractivity contribution in [3.05, 3.63) is 0 Å². The van der Waals surface area contributed by atoms with Crippen molar-refractivity contribution in [2.24, 2.45) is 0 Å². The second-order valence-electron chi connectivity index (χ2n) is 2.52. The van der Waals surface area contributed by atoms with E-state index in [1.54, 1.807) is 0 Å². The minimum atomic E-state index is 0.332. The van der Waals surface area contributed by atoms with Crippen LogP contribution in [0, 0.1) is 0 Å². The molecule has 0 aromatic heterocycles. The molecular formula is C6H11NO2. The Morgan fingerprint density at radius 3 is 3.00 bits per heavy atom. The first-order chi connectivity index (χ1) is 4.47. The highest BCUT2D eigenvalue weighted by atomic mass is 16.7. The van der Waals surface area contributed by atoms with Crippen LogP contribution in [0.4, 0.5) is 0 Å². The predicted molar refractivity (Wildman–Crippen MR) is 32.1 cm³/mol. The van der Waals surface area contributed by atoms with Crippen LogP contribution in [0.25, 0.3) is 0 Å². The van der Waals surface area contributed by atoms with Crippen molar-refractivity contribution in [1.29, 1.82) is 0 Å². The van der Waals surface area contributed by atoms with Crippen molar-refractivity contribution in [3.8, 4) is 0 Å². The summed E-state index contributed by atoms with van der Waals surface area (Å²) in [5, 5.41) is 3.25. The Hall–Kier alpha value is -0.120. The second kappa shape index (κ2) is 2.25. The maximum absolute atomic E-state index is 5.29. The predicted octanol–water partition coefficient (Wildman–Crippen LogP) is -0.279. The molecule has 0 amide bonds. The molecule has 0 bridgehead atoms. The third-order valence-corrected chi connectivity index (χ3v) is 1.93. The van der Waals surface area contributed by atoms with Gasteiger partial charge < -0.3 is 14.8 Å². The first-order valence-corrected chi connectivity index (χ1v) is 3.41. The molecule has 0 aromatic carbocycles. The van der Waals surface area contributed by atoms with Gasteiger partial charge in [-0.25, -0.2) is 0 Å². The fourth-order valence-electron chi connectivity index (χ4n) is 1.38. The largest absolute Gasteiger partial charge is 0.349 e. The van der Waals surface area contributed by atoms with Gasteiger partial charge in [-0.15, -0.1) is 0 Å². The van der Waals surface area contributed by atoms with Gasteiger partial charge in [-0.3, -0.25) is 0 Å². The lowest BCUT2D eigenvalue weighted by molar-refractivity contribution is 0.0410. The summed E-state index contributed by atoms with van der Waals surface area (Å²) in [4.78, 5) is 0. The van der Waals surface area contributed by atoms with E-state index in [1.165, 1.54) is 0 Å². The summed E-state index contributed by atoms with van der Waals surface area (Å²) in [6.45, 7) is 2.53. The van der Waals surface area contributed by atoms with Crippen molar-refractivity contribution < 1.29 is 9.47 Å². The van der Waals surface area contributed by atoms with Gasteiger partial charge in [0.1, 0.15) is 6.79 Å². The Balaban J connectivity index is 1.97. The summed E-state index contributed by atoms with van der Waals surface area (Å²) in [6, 6.07) is 0. The van der Waals surface area contributed by atoms with Crippen molar-refractivity contribution in [1.82, 2.24) is 5.32 Å². The Bertz CT molecular complexity index is 95.2. The van der Waals surface area contributed by atoms with Crippen LogP contribution in [-0.2, 0) is 9.47 Å². The Labute approximate surface area is 54.3 Å². The van der Waals surface area contributed by atoms with Crippen LogP contribution < -0.4 is 5.32 Å². The zero-order valence-electron chi connectivity index (χ0n) is 5.30. The van der Waals surface area contributed by atoms with Gasteiger partial charge >= 0.3 is 0 Å². The number of rotatable bonds is 0. The van der Waals surface area contributed by atoms with E-state index in [-0.39, 0.29) is 0 Å². The molecule has 2 aliphatic heterocycles. The first-order valence-electron chi connectivity index (χ1n) is 3.41. The number of piperidine rings is 1. The molecular weight excluding hydrogens is 118 g/mol. The molecule has 0 aliphatic carbocycles. The molecule has 52 valence electrons. The van der Waals surface area contributed by atoms with E-state index in [0.29, 0.717) is 19.0 Å². The normalized spacial score (nSPS) is 42.7. The van der Waals surface area contributed by atoms with Crippen LogP contribution in [0.3, 0.4) is 0 Å². The molecule has 2 rings (SSSR count). The molecule has 3 nitrogen and oxygen atoms in total. The minimum Gasteiger partial charge on any atom is -0.349 e. The first kappa shape index (κ1) is 5.65. The number of hydrogen-bond acceptors (Lipinski definition) is 3. The van der Waals surface area contributed by atoms with Crippen molar-refractivity contribution in [3.63, 3.8) is 0 Å². The molecule has 2 fully saturated rings. The highest BCUT2D eigenvalue weighted by Gasteiger charge is 2.30. The number of nitrogens with one attached hydrogen (secondary N) is 1. The van der Waals surface area contributed by atoms with Crippen LogP contribution >= 0.6 is 0 Å². The molecule has 1 N–H and O–H groups in total. The molecule has 0 saturated carbocycles. The minimum absolute atomic E-state index is 0.332. The third-order valence-electron chi connectivity index (χ3n) is 1.93. The lowest BCUT2D eigenvalue weighted by Crippen LogP contribution is -2.41. The fraction of sp³-hybridized carbons (Fsp3) is 1.00. The smallest absolute Gasteiger partial charge is 0.147 e. The molecule has 2 atom stereocenters. The number of ether oxygens (including phenoxy) is 2. The Morgan fingerprint density at radius 2 is 2.11 bits per heavy atom. The van der Waals surface area contributed by atoms with Gasteiger partial charge in [0.2, 0.25) is 0 Å². The summed E-state index contributed by atoms with van der Waals surface area (Å²) in [6.07, 6.45) is 1.81. The van der Waals surface area contributed by atoms with Gasteiger partial charge in [0.05, 0.1) is 12.2 Å². The maximum atomic E-state index is 5.29. The highest BCUT2D eigenvalue weighted by molar-refractivity contribution is 4.81. The summed E-state index contributed by atoms with van der Waals surface area (Å²) in [5.74, 6) is 0. The molecule has 0 aromatic rings. The Kier molecular flexibility index (Phi) is 1.41. The van der Waals surface area contributed by atoms with E-state index in [4.69, 9.17) is 9.47 Å². The Morgan fingerprint density at radius 1 is 1.22 bits per heavy atom. The summed E-state index contributed by atoms with van der Waals surface area (Å²) in [7, 11) is 0. The van der Waals surface area contributed by atoms with Gasteiger partial charge in [-0.2, -0.15) is 0 Å². The van der Waals surface area contributed by atoms with Gasteiger partial charge in [-0.1, -0.05) is 0 Å².